The first-order valence-electron chi connectivity index (χ1n) is 3.06. The number of anilines is 1. The average Bonchev–Trinajstić information content (AvgIpc) is 1.95. The highest BCUT2D eigenvalue weighted by molar-refractivity contribution is 9.10. The van der Waals surface area contributed by atoms with Gasteiger partial charge in [0, 0.05) is 10.7 Å². The third kappa shape index (κ3) is 2.01. The van der Waals surface area contributed by atoms with Crippen LogP contribution in [0, 0.1) is 6.92 Å². The van der Waals surface area contributed by atoms with Crippen LogP contribution in [0.4, 0.5) is 5.82 Å². The van der Waals surface area contributed by atoms with Crippen LogP contribution in [0.2, 0.25) is 0 Å². The van der Waals surface area contributed by atoms with Crippen molar-refractivity contribution >= 4 is 28.2 Å². The van der Waals surface area contributed by atoms with Crippen LogP contribution in [0.15, 0.2) is 16.7 Å². The van der Waals surface area contributed by atoms with E-state index in [1.54, 1.807) is 6.20 Å². The minimum Gasteiger partial charge on any atom is -0.313 e. The molecule has 11 heavy (non-hydrogen) atoms. The number of pyridine rings is 1. The maximum Gasteiger partial charge on any atom is 0.212 e. The van der Waals surface area contributed by atoms with Crippen molar-refractivity contribution in [2.75, 3.05) is 5.32 Å². The van der Waals surface area contributed by atoms with Crippen molar-refractivity contribution in [2.24, 2.45) is 0 Å². The average molecular weight is 215 g/mol. The Morgan fingerprint density at radius 2 is 2.45 bits per heavy atom. The molecule has 0 aliphatic carbocycles. The summed E-state index contributed by atoms with van der Waals surface area (Å²) >= 11 is 3.27. The van der Waals surface area contributed by atoms with Crippen LogP contribution in [-0.4, -0.2) is 11.4 Å². The normalized spacial score (nSPS) is 9.27. The highest BCUT2D eigenvalue weighted by Gasteiger charge is 1.97. The van der Waals surface area contributed by atoms with E-state index in [1.807, 2.05) is 13.0 Å². The Morgan fingerprint density at radius 1 is 1.73 bits per heavy atom. The lowest BCUT2D eigenvalue weighted by atomic mass is 10.3. The molecule has 1 heterocycles. The van der Waals surface area contributed by atoms with Crippen molar-refractivity contribution in [1.82, 2.24) is 4.98 Å². The second-order valence-corrected chi connectivity index (χ2v) is 3.00. The van der Waals surface area contributed by atoms with Gasteiger partial charge < -0.3 is 5.32 Å². The molecule has 0 spiro atoms. The van der Waals surface area contributed by atoms with Crippen molar-refractivity contribution in [3.63, 3.8) is 0 Å². The van der Waals surface area contributed by atoms with E-state index in [-0.39, 0.29) is 0 Å². The van der Waals surface area contributed by atoms with Crippen LogP contribution in [-0.2, 0) is 4.79 Å². The van der Waals surface area contributed by atoms with Gasteiger partial charge in [-0.1, -0.05) is 0 Å². The molecule has 0 saturated carbocycles. The van der Waals surface area contributed by atoms with E-state index in [9.17, 15) is 4.79 Å². The maximum absolute atomic E-state index is 10.0. The number of carbonyl (C=O) groups excluding carboxylic acids is 1. The molecular formula is C7H7BrN2O. The molecule has 0 aliphatic rings. The Bertz CT molecular complexity index is 275. The van der Waals surface area contributed by atoms with Crippen molar-refractivity contribution in [2.45, 2.75) is 6.92 Å². The zero-order valence-corrected chi connectivity index (χ0v) is 7.55. The molecule has 0 aliphatic heterocycles. The van der Waals surface area contributed by atoms with Crippen molar-refractivity contribution in [3.05, 3.63) is 22.3 Å². The summed E-state index contributed by atoms with van der Waals surface area (Å²) in [4.78, 5) is 14.0. The molecule has 1 amide bonds. The molecular weight excluding hydrogens is 208 g/mol. The predicted molar refractivity (Wildman–Crippen MR) is 46.4 cm³/mol. The Labute approximate surface area is 73.0 Å². The quantitative estimate of drug-likeness (QED) is 0.763. The number of aryl methyl sites for hydroxylation is 1. The maximum atomic E-state index is 10.0. The summed E-state index contributed by atoms with van der Waals surface area (Å²) in [7, 11) is 0. The third-order valence-corrected chi connectivity index (χ3v) is 1.67. The van der Waals surface area contributed by atoms with Gasteiger partial charge in [0.05, 0.1) is 0 Å². The molecule has 0 unspecified atom stereocenters. The van der Waals surface area contributed by atoms with Gasteiger partial charge in [0.1, 0.15) is 5.82 Å². The summed E-state index contributed by atoms with van der Waals surface area (Å²) < 4.78 is 0.909. The number of halogens is 1. The first-order chi connectivity index (χ1) is 5.24. The first-order valence-corrected chi connectivity index (χ1v) is 3.85. The van der Waals surface area contributed by atoms with Gasteiger partial charge in [-0.05, 0) is 34.5 Å². The van der Waals surface area contributed by atoms with E-state index in [0.717, 1.165) is 10.0 Å². The predicted octanol–water partition coefficient (Wildman–Crippen LogP) is 1.72. The summed E-state index contributed by atoms with van der Waals surface area (Å²) in [6.45, 7) is 1.88. The fourth-order valence-corrected chi connectivity index (χ4v) is 1.19. The van der Waals surface area contributed by atoms with Crippen molar-refractivity contribution in [3.8, 4) is 0 Å². The molecule has 4 heteroatoms. The van der Waals surface area contributed by atoms with Crippen LogP contribution in [0.25, 0.3) is 0 Å². The van der Waals surface area contributed by atoms with Gasteiger partial charge in [0.15, 0.2) is 0 Å². The molecule has 58 valence electrons. The summed E-state index contributed by atoms with van der Waals surface area (Å²) in [5.74, 6) is 0.600. The summed E-state index contributed by atoms with van der Waals surface area (Å²) in [5, 5.41) is 2.49. The Kier molecular flexibility index (Phi) is 2.59. The molecule has 0 bridgehead atoms. The third-order valence-electron chi connectivity index (χ3n) is 1.24. The lowest BCUT2D eigenvalue weighted by Gasteiger charge is -2.01. The van der Waals surface area contributed by atoms with E-state index in [0.29, 0.717) is 12.2 Å². The zero-order valence-electron chi connectivity index (χ0n) is 5.97. The Balaban J connectivity index is 2.98. The smallest absolute Gasteiger partial charge is 0.212 e. The van der Waals surface area contributed by atoms with Crippen LogP contribution >= 0.6 is 15.9 Å². The Hall–Kier alpha value is -0.900. The van der Waals surface area contributed by atoms with E-state index in [4.69, 9.17) is 0 Å². The highest BCUT2D eigenvalue weighted by atomic mass is 79.9. The molecule has 0 saturated heterocycles. The number of amides is 1. The van der Waals surface area contributed by atoms with Crippen molar-refractivity contribution < 1.29 is 4.79 Å². The van der Waals surface area contributed by atoms with Gasteiger partial charge in [0.25, 0.3) is 0 Å². The molecule has 1 aromatic heterocycles. The number of hydrogen-bond acceptors (Lipinski definition) is 2. The number of aromatic nitrogens is 1. The second kappa shape index (κ2) is 3.48. The standard InChI is InChI=1S/C7H7BrN2O/c1-5-2-6(8)3-9-7(5)10-4-11/h2-4H,1H3,(H,9,10,11). The van der Waals surface area contributed by atoms with Gasteiger partial charge in [-0.15, -0.1) is 0 Å². The minimum atomic E-state index is 0.600. The largest absolute Gasteiger partial charge is 0.313 e. The molecule has 3 nitrogen and oxygen atoms in total. The zero-order chi connectivity index (χ0) is 8.27. The van der Waals surface area contributed by atoms with Crippen LogP contribution in [0.1, 0.15) is 5.56 Å². The molecule has 0 atom stereocenters. The van der Waals surface area contributed by atoms with E-state index in [1.165, 1.54) is 0 Å². The minimum absolute atomic E-state index is 0.600. The fraction of sp³-hybridized carbons (Fsp3) is 0.143. The van der Waals surface area contributed by atoms with Crippen LogP contribution in [0.5, 0.6) is 0 Å². The van der Waals surface area contributed by atoms with Gasteiger partial charge in [-0.3, -0.25) is 4.79 Å². The molecule has 1 N–H and O–H groups in total. The molecule has 1 aromatic rings. The monoisotopic (exact) mass is 214 g/mol. The number of rotatable bonds is 2. The summed E-state index contributed by atoms with van der Waals surface area (Å²) in [6.07, 6.45) is 2.25. The van der Waals surface area contributed by atoms with Gasteiger partial charge >= 0.3 is 0 Å². The summed E-state index contributed by atoms with van der Waals surface area (Å²) in [5.41, 5.74) is 0.937. The molecule has 1 rings (SSSR count). The lowest BCUT2D eigenvalue weighted by molar-refractivity contribution is -0.105. The van der Waals surface area contributed by atoms with Gasteiger partial charge in [-0.2, -0.15) is 0 Å². The van der Waals surface area contributed by atoms with Crippen molar-refractivity contribution in [1.29, 1.82) is 0 Å². The van der Waals surface area contributed by atoms with Gasteiger partial charge in [0.2, 0.25) is 6.41 Å². The van der Waals surface area contributed by atoms with E-state index in [2.05, 4.69) is 26.2 Å². The lowest BCUT2D eigenvalue weighted by Crippen LogP contribution is -1.98. The number of nitrogens with zero attached hydrogens (tertiary/aromatic N) is 1. The Morgan fingerprint density at radius 3 is 3.00 bits per heavy atom. The number of hydrogen-bond donors (Lipinski definition) is 1. The van der Waals surface area contributed by atoms with E-state index >= 15 is 0 Å². The van der Waals surface area contributed by atoms with Crippen LogP contribution < -0.4 is 5.32 Å². The second-order valence-electron chi connectivity index (χ2n) is 2.08. The highest BCUT2D eigenvalue weighted by Crippen LogP contribution is 2.15. The number of carbonyl (C=O) groups is 1. The van der Waals surface area contributed by atoms with Crippen LogP contribution in [0.3, 0.4) is 0 Å². The SMILES string of the molecule is Cc1cc(Br)cnc1NC=O. The van der Waals surface area contributed by atoms with Gasteiger partial charge in [-0.25, -0.2) is 4.98 Å². The molecule has 0 aromatic carbocycles. The van der Waals surface area contributed by atoms with E-state index < -0.39 is 0 Å². The topological polar surface area (TPSA) is 42.0 Å². The first kappa shape index (κ1) is 8.20. The fourth-order valence-electron chi connectivity index (χ4n) is 0.747. The molecule has 0 fully saturated rings. The molecule has 0 radical (unpaired) electrons. The summed E-state index contributed by atoms with van der Waals surface area (Å²) in [6, 6.07) is 1.89. The number of nitrogens with one attached hydrogen (secondary N) is 1.